The smallest absolute Gasteiger partial charge is 0.185 e. The molecule has 0 bridgehead atoms. The fraction of sp³-hybridized carbons (Fsp3) is 0.375. The summed E-state index contributed by atoms with van der Waals surface area (Å²) < 4.78 is 32.6. The van der Waals surface area contributed by atoms with Crippen molar-refractivity contribution in [3.05, 3.63) is 69.1 Å². The second kappa shape index (κ2) is 9.93. The molecule has 32 heavy (non-hydrogen) atoms. The van der Waals surface area contributed by atoms with Crippen molar-refractivity contribution < 1.29 is 13.2 Å². The van der Waals surface area contributed by atoms with Crippen LogP contribution in [0, 0.1) is 0 Å². The molecule has 0 aliphatic carbocycles. The second-order valence-electron chi connectivity index (χ2n) is 7.99. The molecular weight excluding hydrogens is 508 g/mol. The van der Waals surface area contributed by atoms with Crippen LogP contribution < -0.4 is 9.64 Å². The number of aryl methyl sites for hydroxylation is 1. The van der Waals surface area contributed by atoms with Crippen molar-refractivity contribution >= 4 is 42.2 Å². The van der Waals surface area contributed by atoms with Crippen LogP contribution in [-0.4, -0.2) is 38.9 Å². The van der Waals surface area contributed by atoms with Crippen LogP contribution in [0.15, 0.2) is 57.2 Å². The number of anilines is 1. The van der Waals surface area contributed by atoms with Crippen molar-refractivity contribution in [1.29, 1.82) is 0 Å². The number of methoxy groups -OCH3 is 1. The first-order valence-corrected chi connectivity index (χ1v) is 14.0. The molecule has 1 fully saturated rings. The Balaban J connectivity index is 1.41. The molecule has 0 spiro atoms. The van der Waals surface area contributed by atoms with Gasteiger partial charge in [0.25, 0.3) is 0 Å². The fourth-order valence-electron chi connectivity index (χ4n) is 4.03. The lowest BCUT2D eigenvalue weighted by Gasteiger charge is -2.31. The van der Waals surface area contributed by atoms with E-state index in [9.17, 15) is 8.42 Å². The molecule has 1 saturated heterocycles. The van der Waals surface area contributed by atoms with Gasteiger partial charge in [0, 0.05) is 29.4 Å². The zero-order valence-electron chi connectivity index (χ0n) is 18.3. The van der Waals surface area contributed by atoms with Crippen LogP contribution in [0.5, 0.6) is 5.75 Å². The van der Waals surface area contributed by atoms with Gasteiger partial charge in [0.2, 0.25) is 0 Å². The molecule has 170 valence electrons. The average Bonchev–Trinajstić information content (AvgIpc) is 3.28. The van der Waals surface area contributed by atoms with Gasteiger partial charge in [-0.2, -0.15) is 0 Å². The first kappa shape index (κ1) is 23.3. The lowest BCUT2D eigenvalue weighted by Crippen LogP contribution is -2.39. The van der Waals surface area contributed by atoms with Gasteiger partial charge < -0.3 is 9.64 Å². The number of hydrogen-bond donors (Lipinski definition) is 0. The third kappa shape index (κ3) is 5.02. The van der Waals surface area contributed by atoms with Crippen molar-refractivity contribution in [3.63, 3.8) is 0 Å². The molecule has 0 unspecified atom stereocenters. The van der Waals surface area contributed by atoms with Crippen LogP contribution in [0.1, 0.15) is 36.6 Å². The molecule has 2 heterocycles. The maximum atomic E-state index is 13.3. The highest BCUT2D eigenvalue weighted by atomic mass is 79.9. The van der Waals surface area contributed by atoms with E-state index in [1.165, 1.54) is 18.2 Å². The largest absolute Gasteiger partial charge is 0.495 e. The number of piperidine rings is 1. The lowest BCUT2D eigenvalue weighted by atomic mass is 10.1. The molecule has 0 saturated carbocycles. The third-order valence-electron chi connectivity index (χ3n) is 5.94. The van der Waals surface area contributed by atoms with Crippen molar-refractivity contribution in [2.75, 3.05) is 25.1 Å². The summed E-state index contributed by atoms with van der Waals surface area (Å²) in [7, 11) is -1.97. The third-order valence-corrected chi connectivity index (χ3v) is 9.66. The maximum absolute atomic E-state index is 13.3. The van der Waals surface area contributed by atoms with Gasteiger partial charge in [-0.15, -0.1) is 11.3 Å². The summed E-state index contributed by atoms with van der Waals surface area (Å²) >= 11 is 5.02. The van der Waals surface area contributed by atoms with E-state index in [-0.39, 0.29) is 4.90 Å². The number of sulfone groups is 1. The topological polar surface area (TPSA) is 59.5 Å². The van der Waals surface area contributed by atoms with Gasteiger partial charge >= 0.3 is 0 Å². The molecular formula is C24H27BrN2O3S2. The Morgan fingerprint density at radius 1 is 1.12 bits per heavy atom. The highest BCUT2D eigenvalue weighted by Crippen LogP contribution is 2.34. The van der Waals surface area contributed by atoms with Gasteiger partial charge in [0.05, 0.1) is 18.1 Å². The Morgan fingerprint density at radius 2 is 1.81 bits per heavy atom. The SMILES string of the molecule is CCc1ccc(Cc2csc(N3CCC(S(=O)(=O)c4cc(Br)ccc4OC)CC3)n2)cc1. The molecule has 2 aromatic carbocycles. The van der Waals surface area contributed by atoms with E-state index in [0.29, 0.717) is 31.7 Å². The number of aromatic nitrogens is 1. The van der Waals surface area contributed by atoms with E-state index in [0.717, 1.165) is 28.1 Å². The van der Waals surface area contributed by atoms with Gasteiger partial charge in [-0.1, -0.05) is 47.1 Å². The monoisotopic (exact) mass is 534 g/mol. The van der Waals surface area contributed by atoms with E-state index in [1.54, 1.807) is 29.5 Å². The Kier molecular flexibility index (Phi) is 7.22. The van der Waals surface area contributed by atoms with Crippen molar-refractivity contribution in [2.45, 2.75) is 42.8 Å². The Morgan fingerprint density at radius 3 is 2.47 bits per heavy atom. The summed E-state index contributed by atoms with van der Waals surface area (Å²) in [6, 6.07) is 13.8. The van der Waals surface area contributed by atoms with Crippen molar-refractivity contribution in [2.24, 2.45) is 0 Å². The van der Waals surface area contributed by atoms with E-state index in [2.05, 4.69) is 57.4 Å². The summed E-state index contributed by atoms with van der Waals surface area (Å²) in [6.07, 6.45) is 3.01. The number of benzene rings is 2. The summed E-state index contributed by atoms with van der Waals surface area (Å²) in [5.74, 6) is 0.396. The fourth-order valence-corrected chi connectivity index (χ4v) is 7.34. The van der Waals surface area contributed by atoms with Crippen molar-refractivity contribution in [1.82, 2.24) is 4.98 Å². The van der Waals surface area contributed by atoms with E-state index in [1.807, 2.05) is 0 Å². The second-order valence-corrected chi connectivity index (χ2v) is 11.9. The summed E-state index contributed by atoms with van der Waals surface area (Å²) in [4.78, 5) is 7.29. The van der Waals surface area contributed by atoms with Gasteiger partial charge in [0.1, 0.15) is 10.6 Å². The van der Waals surface area contributed by atoms with Gasteiger partial charge in [-0.3, -0.25) is 0 Å². The van der Waals surface area contributed by atoms with Crippen LogP contribution in [0.25, 0.3) is 0 Å². The first-order chi connectivity index (χ1) is 15.4. The number of rotatable bonds is 7. The normalized spacial score (nSPS) is 15.2. The molecule has 0 amide bonds. The number of ether oxygens (including phenoxy) is 1. The minimum absolute atomic E-state index is 0.262. The predicted molar refractivity (Wildman–Crippen MR) is 134 cm³/mol. The predicted octanol–water partition coefficient (Wildman–Crippen LogP) is 5.51. The van der Waals surface area contributed by atoms with E-state index in [4.69, 9.17) is 9.72 Å². The number of nitrogens with zero attached hydrogens (tertiary/aromatic N) is 2. The highest BCUT2D eigenvalue weighted by Gasteiger charge is 2.34. The lowest BCUT2D eigenvalue weighted by molar-refractivity contribution is 0.401. The molecule has 1 aliphatic rings. The molecule has 0 radical (unpaired) electrons. The molecule has 1 aliphatic heterocycles. The number of hydrogen-bond acceptors (Lipinski definition) is 6. The van der Waals surface area contributed by atoms with Gasteiger partial charge in [-0.25, -0.2) is 13.4 Å². The molecule has 8 heteroatoms. The highest BCUT2D eigenvalue weighted by molar-refractivity contribution is 9.10. The summed E-state index contributed by atoms with van der Waals surface area (Å²) in [5, 5.41) is 2.66. The van der Waals surface area contributed by atoms with E-state index >= 15 is 0 Å². The standard InChI is InChI=1S/C24H27BrN2O3S2/c1-3-17-4-6-18(7-5-17)14-20-16-31-24(26-20)27-12-10-21(11-13-27)32(28,29)23-15-19(25)8-9-22(23)30-2/h4-9,15-16,21H,3,10-14H2,1-2H3. The molecule has 0 N–H and O–H groups in total. The summed E-state index contributed by atoms with van der Waals surface area (Å²) in [6.45, 7) is 3.52. The minimum atomic E-state index is -3.47. The zero-order valence-corrected chi connectivity index (χ0v) is 21.5. The number of thiazole rings is 1. The van der Waals surface area contributed by atoms with Crippen LogP contribution >= 0.6 is 27.3 Å². The minimum Gasteiger partial charge on any atom is -0.495 e. The molecule has 3 aromatic rings. The van der Waals surface area contributed by atoms with E-state index < -0.39 is 15.1 Å². The van der Waals surface area contributed by atoms with Gasteiger partial charge in [-0.05, 0) is 48.6 Å². The Hall–Kier alpha value is -1.90. The van der Waals surface area contributed by atoms with Gasteiger partial charge in [0.15, 0.2) is 15.0 Å². The molecule has 4 rings (SSSR count). The number of halogens is 1. The first-order valence-electron chi connectivity index (χ1n) is 10.7. The average molecular weight is 536 g/mol. The van der Waals surface area contributed by atoms with Crippen LogP contribution in [-0.2, 0) is 22.7 Å². The molecule has 0 atom stereocenters. The zero-order chi connectivity index (χ0) is 22.7. The van der Waals surface area contributed by atoms with Crippen LogP contribution in [0.4, 0.5) is 5.13 Å². The van der Waals surface area contributed by atoms with Crippen LogP contribution in [0.2, 0.25) is 0 Å². The Labute approximate surface area is 202 Å². The summed E-state index contributed by atoms with van der Waals surface area (Å²) in [5.41, 5.74) is 3.65. The Bertz CT molecular complexity index is 1170. The quantitative estimate of drug-likeness (QED) is 0.399. The maximum Gasteiger partial charge on any atom is 0.185 e. The van der Waals surface area contributed by atoms with Crippen molar-refractivity contribution in [3.8, 4) is 5.75 Å². The molecule has 1 aromatic heterocycles. The molecule has 5 nitrogen and oxygen atoms in total. The van der Waals surface area contributed by atoms with Crippen LogP contribution in [0.3, 0.4) is 0 Å².